The number of anilines is 1. The molecular weight excluding hydrogens is 258 g/mol. The molecule has 1 aliphatic heterocycles. The van der Waals surface area contributed by atoms with Gasteiger partial charge in [-0.15, -0.1) is 0 Å². The van der Waals surface area contributed by atoms with Gasteiger partial charge in [-0.05, 0) is 20.8 Å². The number of carbonyl (C=O) groups is 2. The zero-order valence-corrected chi connectivity index (χ0v) is 11.9. The number of rotatable bonds is 3. The van der Waals surface area contributed by atoms with Crippen LogP contribution in [0.5, 0.6) is 0 Å². The van der Waals surface area contributed by atoms with Crippen molar-refractivity contribution in [3.63, 3.8) is 0 Å². The molecule has 0 aliphatic carbocycles. The van der Waals surface area contributed by atoms with Gasteiger partial charge in [0.15, 0.2) is 0 Å². The van der Waals surface area contributed by atoms with Gasteiger partial charge in [-0.25, -0.2) is 9.97 Å². The fraction of sp³-hybridized carbons (Fsp3) is 0.538. The molecule has 2 rings (SSSR count). The first-order valence-electron chi connectivity index (χ1n) is 6.63. The molecular formula is C13H19N5O2. The average molecular weight is 277 g/mol. The highest BCUT2D eigenvalue weighted by Gasteiger charge is 2.41. The molecule has 2 N–H and O–H groups in total. The van der Waals surface area contributed by atoms with E-state index < -0.39 is 5.54 Å². The van der Waals surface area contributed by atoms with Crippen molar-refractivity contribution in [3.05, 3.63) is 18.1 Å². The molecule has 0 atom stereocenters. The minimum atomic E-state index is -0.878. The van der Waals surface area contributed by atoms with E-state index >= 15 is 0 Å². The van der Waals surface area contributed by atoms with Gasteiger partial charge in [0.2, 0.25) is 5.91 Å². The smallest absolute Gasteiger partial charge is 0.274 e. The van der Waals surface area contributed by atoms with Gasteiger partial charge in [0, 0.05) is 19.6 Å². The average Bonchev–Trinajstić information content (AvgIpc) is 2.42. The van der Waals surface area contributed by atoms with Crippen LogP contribution in [0, 0.1) is 0 Å². The van der Waals surface area contributed by atoms with Crippen LogP contribution in [0.15, 0.2) is 12.4 Å². The van der Waals surface area contributed by atoms with Gasteiger partial charge in [0.05, 0.1) is 12.4 Å². The summed E-state index contributed by atoms with van der Waals surface area (Å²) in [6.07, 6.45) is 2.96. The van der Waals surface area contributed by atoms with Crippen LogP contribution >= 0.6 is 0 Å². The molecule has 2 amide bonds. The Balaban J connectivity index is 2.20. The van der Waals surface area contributed by atoms with E-state index in [0.717, 1.165) is 6.54 Å². The highest BCUT2D eigenvalue weighted by atomic mass is 16.2. The fourth-order valence-electron chi connectivity index (χ4n) is 2.10. The molecule has 20 heavy (non-hydrogen) atoms. The van der Waals surface area contributed by atoms with Crippen LogP contribution in [0.1, 0.15) is 31.3 Å². The number of amides is 2. The lowest BCUT2D eigenvalue weighted by molar-refractivity contribution is -0.133. The Morgan fingerprint density at radius 3 is 2.80 bits per heavy atom. The Morgan fingerprint density at radius 2 is 2.20 bits per heavy atom. The number of carbonyl (C=O) groups excluding carboxylic acids is 2. The van der Waals surface area contributed by atoms with Crippen LogP contribution in [0.2, 0.25) is 0 Å². The highest BCUT2D eigenvalue weighted by molar-refractivity contribution is 5.98. The van der Waals surface area contributed by atoms with E-state index in [-0.39, 0.29) is 17.5 Å². The van der Waals surface area contributed by atoms with Crippen LogP contribution < -0.4 is 10.6 Å². The number of nitrogens with one attached hydrogen (secondary N) is 2. The van der Waals surface area contributed by atoms with Crippen molar-refractivity contribution in [1.82, 2.24) is 20.2 Å². The van der Waals surface area contributed by atoms with Crippen LogP contribution in [-0.4, -0.2) is 51.9 Å². The van der Waals surface area contributed by atoms with E-state index in [0.29, 0.717) is 18.9 Å². The van der Waals surface area contributed by atoms with Gasteiger partial charge >= 0.3 is 0 Å². The number of nitrogens with zero attached hydrogens (tertiary/aromatic N) is 3. The van der Waals surface area contributed by atoms with Crippen LogP contribution in [0.25, 0.3) is 0 Å². The molecule has 0 bridgehead atoms. The molecule has 1 fully saturated rings. The maximum absolute atomic E-state index is 12.5. The normalized spacial score (nSPS) is 17.6. The van der Waals surface area contributed by atoms with Crippen molar-refractivity contribution in [1.29, 1.82) is 0 Å². The quantitative estimate of drug-likeness (QED) is 0.827. The first kappa shape index (κ1) is 14.2. The second kappa shape index (κ2) is 5.44. The predicted molar refractivity (Wildman–Crippen MR) is 74.3 cm³/mol. The van der Waals surface area contributed by atoms with E-state index in [9.17, 15) is 9.59 Å². The van der Waals surface area contributed by atoms with E-state index in [1.165, 1.54) is 17.3 Å². The van der Waals surface area contributed by atoms with Crippen LogP contribution in [-0.2, 0) is 4.79 Å². The highest BCUT2D eigenvalue weighted by Crippen LogP contribution is 2.20. The maximum atomic E-state index is 12.5. The molecule has 0 unspecified atom stereocenters. The number of hydrogen-bond acceptors (Lipinski definition) is 5. The molecule has 1 aromatic rings. The van der Waals surface area contributed by atoms with E-state index in [2.05, 4.69) is 20.6 Å². The van der Waals surface area contributed by atoms with Crippen LogP contribution in [0.4, 0.5) is 5.82 Å². The minimum absolute atomic E-state index is 0.158. The summed E-state index contributed by atoms with van der Waals surface area (Å²) in [5.74, 6) is 0.189. The number of hydrogen-bond donors (Lipinski definition) is 2. The minimum Gasteiger partial charge on any atom is -0.369 e. The zero-order chi connectivity index (χ0) is 14.8. The summed E-state index contributed by atoms with van der Waals surface area (Å²) in [7, 11) is 0. The van der Waals surface area contributed by atoms with Gasteiger partial charge in [-0.1, -0.05) is 0 Å². The van der Waals surface area contributed by atoms with Crippen molar-refractivity contribution in [2.45, 2.75) is 26.3 Å². The third kappa shape index (κ3) is 2.56. The molecule has 1 saturated heterocycles. The molecule has 1 aromatic heterocycles. The Kier molecular flexibility index (Phi) is 3.87. The summed E-state index contributed by atoms with van der Waals surface area (Å²) in [4.78, 5) is 34.1. The number of aromatic nitrogens is 2. The molecule has 1 aliphatic rings. The van der Waals surface area contributed by atoms with E-state index in [4.69, 9.17) is 0 Å². The Morgan fingerprint density at radius 1 is 1.45 bits per heavy atom. The second-order valence-electron chi connectivity index (χ2n) is 5.09. The van der Waals surface area contributed by atoms with Crippen molar-refractivity contribution in [2.75, 3.05) is 25.0 Å². The van der Waals surface area contributed by atoms with Crippen molar-refractivity contribution in [3.8, 4) is 0 Å². The topological polar surface area (TPSA) is 87.2 Å². The summed E-state index contributed by atoms with van der Waals surface area (Å²) >= 11 is 0. The molecule has 108 valence electrons. The summed E-state index contributed by atoms with van der Waals surface area (Å²) in [6.45, 7) is 7.06. The fourth-order valence-corrected chi connectivity index (χ4v) is 2.10. The molecule has 0 spiro atoms. The molecule has 2 heterocycles. The van der Waals surface area contributed by atoms with E-state index in [1.54, 1.807) is 13.8 Å². The lowest BCUT2D eigenvalue weighted by atomic mass is 9.98. The van der Waals surface area contributed by atoms with Gasteiger partial charge in [0.1, 0.15) is 17.1 Å². The first-order chi connectivity index (χ1) is 9.46. The zero-order valence-electron chi connectivity index (χ0n) is 11.9. The lowest BCUT2D eigenvalue weighted by Crippen LogP contribution is -2.63. The monoisotopic (exact) mass is 277 g/mol. The van der Waals surface area contributed by atoms with Crippen LogP contribution in [0.3, 0.4) is 0 Å². The van der Waals surface area contributed by atoms with Crippen molar-refractivity contribution < 1.29 is 9.59 Å². The van der Waals surface area contributed by atoms with Gasteiger partial charge in [0.25, 0.3) is 5.91 Å². The summed E-state index contributed by atoms with van der Waals surface area (Å²) < 4.78 is 0. The van der Waals surface area contributed by atoms with Crippen molar-refractivity contribution in [2.24, 2.45) is 0 Å². The third-order valence-corrected chi connectivity index (χ3v) is 3.33. The Labute approximate surface area is 117 Å². The Bertz CT molecular complexity index is 512. The van der Waals surface area contributed by atoms with Gasteiger partial charge in [-0.2, -0.15) is 0 Å². The largest absolute Gasteiger partial charge is 0.369 e. The lowest BCUT2D eigenvalue weighted by Gasteiger charge is -2.40. The molecule has 7 nitrogen and oxygen atoms in total. The summed E-state index contributed by atoms with van der Waals surface area (Å²) in [5.41, 5.74) is -0.633. The standard InChI is InChI=1S/C13H19N5O2/c1-4-14-10-8-16-9(7-17-10)11(19)18-6-5-15-12(20)13(18,2)3/h7-8H,4-6H2,1-3H3,(H,14,17)(H,15,20). The Hall–Kier alpha value is -2.18. The van der Waals surface area contributed by atoms with Crippen molar-refractivity contribution >= 4 is 17.6 Å². The molecule has 0 aromatic carbocycles. The van der Waals surface area contributed by atoms with E-state index in [1.807, 2.05) is 6.92 Å². The summed E-state index contributed by atoms with van der Waals surface area (Å²) in [5, 5.41) is 5.77. The van der Waals surface area contributed by atoms with Gasteiger partial charge < -0.3 is 15.5 Å². The molecule has 7 heteroatoms. The number of piperazine rings is 1. The maximum Gasteiger partial charge on any atom is 0.274 e. The first-order valence-corrected chi connectivity index (χ1v) is 6.63. The molecule has 0 saturated carbocycles. The molecule has 0 radical (unpaired) electrons. The van der Waals surface area contributed by atoms with Gasteiger partial charge in [-0.3, -0.25) is 9.59 Å². The second-order valence-corrected chi connectivity index (χ2v) is 5.09. The predicted octanol–water partition coefficient (Wildman–Crippen LogP) is 0.259. The third-order valence-electron chi connectivity index (χ3n) is 3.33. The SMILES string of the molecule is CCNc1cnc(C(=O)N2CCNC(=O)C2(C)C)cn1. The summed E-state index contributed by atoms with van der Waals surface area (Å²) in [6, 6.07) is 0.